The maximum atomic E-state index is 10.3. The van der Waals surface area contributed by atoms with Gasteiger partial charge in [-0.2, -0.15) is 0 Å². The molecule has 0 spiro atoms. The molecule has 0 saturated carbocycles. The van der Waals surface area contributed by atoms with E-state index in [4.69, 9.17) is 19.6 Å². The van der Waals surface area contributed by atoms with Crippen LogP contribution in [-0.2, 0) is 18.3 Å². The van der Waals surface area contributed by atoms with Crippen molar-refractivity contribution < 1.29 is 101 Å². The summed E-state index contributed by atoms with van der Waals surface area (Å²) in [5, 5.41) is -0.806. The van der Waals surface area contributed by atoms with Gasteiger partial charge in [-0.1, -0.05) is 0 Å². The summed E-state index contributed by atoms with van der Waals surface area (Å²) in [6, 6.07) is 0. The van der Waals surface area contributed by atoms with Crippen LogP contribution in [0.1, 0.15) is 13.8 Å². The molecule has 0 aromatic carbocycles. The molecule has 0 amide bonds. The first kappa shape index (κ1) is 45.7. The van der Waals surface area contributed by atoms with Crippen LogP contribution in [0.3, 0.4) is 0 Å². The normalized spacial score (nSPS) is 23.9. The van der Waals surface area contributed by atoms with Gasteiger partial charge in [-0.05, 0) is 0 Å². The van der Waals surface area contributed by atoms with E-state index < -0.39 is 40.4 Å². The molecule has 4 unspecified atom stereocenters. The van der Waals surface area contributed by atoms with E-state index in [1.54, 1.807) is 0 Å². The first-order valence-electron chi connectivity index (χ1n) is 7.50. The largest absolute Gasteiger partial charge is 0.774 e. The minimum Gasteiger partial charge on any atom is -0.774 e. The fourth-order valence-corrected chi connectivity index (χ4v) is 3.63. The molecule has 1 heterocycles. The highest BCUT2D eigenvalue weighted by Crippen LogP contribution is 2.60. The van der Waals surface area contributed by atoms with Crippen molar-refractivity contribution in [1.82, 2.24) is 0 Å². The highest BCUT2D eigenvalue weighted by atomic mass is 31.2. The molecule has 22 N–H and O–H groups in total. The van der Waals surface area contributed by atoms with Gasteiger partial charge in [-0.15, -0.1) is 0 Å². The topological polar surface area (TPSA) is 456 Å². The van der Waals surface area contributed by atoms with Crippen LogP contribution in [0.5, 0.6) is 0 Å². The van der Waals surface area contributed by atoms with Crippen molar-refractivity contribution in [2.75, 3.05) is 26.2 Å². The Balaban J connectivity index is -0.0000000769. The average Bonchev–Trinajstić information content (AvgIpc) is 2.45. The van der Waals surface area contributed by atoms with E-state index in [0.29, 0.717) is 13.8 Å². The molecule has 4 atom stereocenters. The van der Waals surface area contributed by atoms with Crippen molar-refractivity contribution >= 4 is 30.4 Å². The lowest BCUT2D eigenvalue weighted by Crippen LogP contribution is -3.04. The molecule has 1 aliphatic rings. The van der Waals surface area contributed by atoms with Crippen molar-refractivity contribution in [2.24, 2.45) is 0 Å². The molecule has 0 aliphatic carbocycles. The van der Waals surface area contributed by atoms with Gasteiger partial charge in [0.15, 0.2) is 0 Å². The van der Waals surface area contributed by atoms with Crippen LogP contribution < -0.4 is 41.7 Å². The molecule has 0 aromatic rings. The van der Waals surface area contributed by atoms with Crippen molar-refractivity contribution in [3.63, 3.8) is 0 Å². The highest BCUT2D eigenvalue weighted by molar-refractivity contribution is 7.70. The average molecular weight is 568 g/mol. The molecule has 1 aliphatic heterocycles. The quantitative estimate of drug-likeness (QED) is 0.147. The third kappa shape index (κ3) is 14.5. The molecule has 1 saturated heterocycles. The van der Waals surface area contributed by atoms with Gasteiger partial charge in [0.2, 0.25) is 40.4 Å². The van der Waals surface area contributed by atoms with Crippen LogP contribution in [0.25, 0.3) is 0 Å². The molecule has 0 aromatic heterocycles. The highest BCUT2D eigenvalue weighted by Gasteiger charge is 2.45. The predicted octanol–water partition coefficient (Wildman–Crippen LogP) is -12.2. The van der Waals surface area contributed by atoms with Crippen molar-refractivity contribution in [1.29, 1.82) is 0 Å². The van der Waals surface area contributed by atoms with Gasteiger partial charge in [-0.3, -0.25) is 0 Å². The van der Waals surface area contributed by atoms with E-state index >= 15 is 0 Å². The minimum absolute atomic E-state index is 0. The molecule has 20 nitrogen and oxygen atoms in total. The molecule has 1 fully saturated rings. The zero-order valence-electron chi connectivity index (χ0n) is 17.2. The monoisotopic (exact) mass is 568 g/mol. The Morgan fingerprint density at radius 3 is 0.750 bits per heavy atom. The zero-order chi connectivity index (χ0) is 23.2. The fourth-order valence-electron chi connectivity index (χ4n) is 1.08. The summed E-state index contributed by atoms with van der Waals surface area (Å²) in [5.74, 6) is 0. The van der Waals surface area contributed by atoms with Crippen LogP contribution in [0.15, 0.2) is 0 Å². The molecule has 1 rings (SSSR count). The summed E-state index contributed by atoms with van der Waals surface area (Å²) in [5.41, 5.74) is 5.32. The second-order valence-electron chi connectivity index (χ2n) is 6.25. The van der Waals surface area contributed by atoms with Gasteiger partial charge < -0.3 is 101 Å². The van der Waals surface area contributed by atoms with Crippen LogP contribution in [0.2, 0.25) is 0 Å². The van der Waals surface area contributed by atoms with Gasteiger partial charge in [0.25, 0.3) is 0 Å². The summed E-state index contributed by atoms with van der Waals surface area (Å²) < 4.78 is 41.2. The van der Waals surface area contributed by atoms with E-state index in [0.717, 1.165) is 0 Å². The molecule has 32 heavy (non-hydrogen) atoms. The zero-order valence-corrected chi connectivity index (χ0v) is 20.8. The Kier molecular flexibility index (Phi) is 22.9. The first-order valence-corrected chi connectivity index (χ1v) is 13.8. The third-order valence-electron chi connectivity index (χ3n) is 3.58. The second-order valence-corrected chi connectivity index (χ2v) is 15.1. The minimum atomic E-state index is -5.18. The fraction of sp³-hybridized carbons (Fsp3) is 1.00. The van der Waals surface area contributed by atoms with Crippen LogP contribution >= 0.6 is 30.4 Å². The van der Waals surface area contributed by atoms with Crippen molar-refractivity contribution in [2.45, 2.75) is 23.9 Å². The number of piperazine rings is 1. The Bertz CT molecular complexity index is 564. The van der Waals surface area contributed by atoms with Crippen LogP contribution in [0, 0.1) is 0 Å². The first-order chi connectivity index (χ1) is 12.0. The van der Waals surface area contributed by atoms with Gasteiger partial charge in [-0.25, -0.2) is 0 Å². The van der Waals surface area contributed by atoms with E-state index in [-0.39, 0.29) is 21.9 Å². The van der Waals surface area contributed by atoms with E-state index in [1.165, 1.54) is 26.2 Å². The maximum absolute atomic E-state index is 10.3. The summed E-state index contributed by atoms with van der Waals surface area (Å²) in [6.45, 7) is 6.46. The lowest BCUT2D eigenvalue weighted by molar-refractivity contribution is -0.787. The Hall–Kier alpha value is 0.280. The number of hydrogen-bond acceptors (Lipinski definition) is 8. The number of hydrogen-bond donors (Lipinski definition) is 8. The number of nitrogens with two attached hydrogens (primary N) is 2. The van der Waals surface area contributed by atoms with Gasteiger partial charge >= 0.3 is 0 Å². The van der Waals surface area contributed by atoms with E-state index in [9.17, 15) is 37.8 Å². The summed E-state index contributed by atoms with van der Waals surface area (Å²) in [7, 11) is -20.7. The number of rotatable bonds is 4. The molecular weight excluding hydrogens is 532 g/mol. The maximum Gasteiger partial charge on any atom is 0.216 e. The molecular formula is C8H36N4O16P4. The van der Waals surface area contributed by atoms with E-state index in [2.05, 4.69) is 22.1 Å². The second kappa shape index (κ2) is 16.0. The standard InChI is InChI=1S/C4H10N2.2C2H9NO6P2.4H2O/c1-2-6-4-3-5-1;2*1-2(3,10(4,5)6)11(7,8)9;;;;/h5-6H,1-4H2;2*3H2,1H3,(H2,4,5,6)(H2,7,8,9);4*1H2. The van der Waals surface area contributed by atoms with Crippen LogP contribution in [0.4, 0.5) is 0 Å². The van der Waals surface area contributed by atoms with Crippen LogP contribution in [-0.4, -0.2) is 77.7 Å². The lowest BCUT2D eigenvalue weighted by atomic mass is 10.4. The third-order valence-corrected chi connectivity index (χ3v) is 11.5. The summed E-state index contributed by atoms with van der Waals surface area (Å²) in [6.07, 6.45) is 0. The van der Waals surface area contributed by atoms with E-state index in [1.807, 2.05) is 0 Å². The van der Waals surface area contributed by atoms with Gasteiger partial charge in [0.05, 0.1) is 0 Å². The van der Waals surface area contributed by atoms with Crippen molar-refractivity contribution in [3.8, 4) is 0 Å². The summed E-state index contributed by atoms with van der Waals surface area (Å²) in [4.78, 5) is 74.3. The lowest BCUT2D eigenvalue weighted by Gasteiger charge is -2.36. The molecule has 204 valence electrons. The number of quaternary nitrogens is 4. The Morgan fingerprint density at radius 1 is 0.594 bits per heavy atom. The van der Waals surface area contributed by atoms with Crippen molar-refractivity contribution in [3.05, 3.63) is 0 Å². The molecule has 0 bridgehead atoms. The summed E-state index contributed by atoms with van der Waals surface area (Å²) >= 11 is 0. The van der Waals surface area contributed by atoms with Gasteiger partial charge in [0, 0.05) is 13.8 Å². The van der Waals surface area contributed by atoms with Gasteiger partial charge in [0.1, 0.15) is 26.2 Å². The predicted molar refractivity (Wildman–Crippen MR) is 99.7 cm³/mol. The Labute approximate surface area is 182 Å². The Morgan fingerprint density at radius 2 is 0.719 bits per heavy atom. The smallest absolute Gasteiger partial charge is 0.216 e. The molecule has 0 radical (unpaired) electrons. The molecule has 24 heteroatoms. The SMILES string of the molecule is C1C[NH2+]CC[NH2+]1.CC([NH3+])(P(=O)([O-])O)P(=O)([O-])O.CC([NH3+])(P(=O)([O-])O)P(=O)([O-])O.O.O.O.O.